The van der Waals surface area contributed by atoms with Gasteiger partial charge < -0.3 is 10.3 Å². The Balaban J connectivity index is 1.70. The minimum atomic E-state index is -0.430. The van der Waals surface area contributed by atoms with Crippen LogP contribution in [0, 0.1) is 0 Å². The Labute approximate surface area is 140 Å². The fourth-order valence-electron chi connectivity index (χ4n) is 2.83. The molecule has 24 heavy (non-hydrogen) atoms. The molecular formula is C15H13ClN6O2. The molecule has 1 aliphatic heterocycles. The molecule has 0 fully saturated rings. The second kappa shape index (κ2) is 5.64. The normalized spacial score (nSPS) is 17.2. The Morgan fingerprint density at radius 2 is 1.88 bits per heavy atom. The average molecular weight is 345 g/mol. The fraction of sp³-hybridized carbons (Fsp3) is 0.200. The summed E-state index contributed by atoms with van der Waals surface area (Å²) in [6.07, 6.45) is 0.608. The van der Waals surface area contributed by atoms with E-state index in [1.165, 1.54) is 0 Å². The highest BCUT2D eigenvalue weighted by molar-refractivity contribution is 6.30. The van der Waals surface area contributed by atoms with Crippen LogP contribution in [0.4, 0.5) is 0 Å². The molecule has 1 amide bonds. The zero-order valence-electron chi connectivity index (χ0n) is 12.4. The van der Waals surface area contributed by atoms with Crippen molar-refractivity contribution in [3.05, 3.63) is 56.7 Å². The van der Waals surface area contributed by atoms with E-state index in [1.54, 1.807) is 0 Å². The van der Waals surface area contributed by atoms with Crippen molar-refractivity contribution in [2.75, 3.05) is 6.54 Å². The van der Waals surface area contributed by atoms with Crippen LogP contribution in [-0.2, 0) is 6.42 Å². The van der Waals surface area contributed by atoms with E-state index in [2.05, 4.69) is 30.5 Å². The van der Waals surface area contributed by atoms with Crippen molar-refractivity contribution in [2.24, 2.45) is 0 Å². The second-order valence-corrected chi connectivity index (χ2v) is 6.04. The maximum atomic E-state index is 12.3. The number of carbonyl (C=O) groups is 1. The molecule has 2 aromatic heterocycles. The molecule has 1 atom stereocenters. The summed E-state index contributed by atoms with van der Waals surface area (Å²) in [5.41, 5.74) is 1.69. The number of halogens is 1. The summed E-state index contributed by atoms with van der Waals surface area (Å²) in [6, 6.07) is 7.56. The number of aromatic amines is 3. The molecular weight excluding hydrogens is 332 g/mol. The van der Waals surface area contributed by atoms with Crippen LogP contribution in [0.1, 0.15) is 27.7 Å². The van der Waals surface area contributed by atoms with E-state index in [4.69, 9.17) is 11.6 Å². The molecule has 4 N–H and O–H groups in total. The number of benzene rings is 1. The van der Waals surface area contributed by atoms with Crippen LogP contribution in [0.15, 0.2) is 29.1 Å². The van der Waals surface area contributed by atoms with Crippen molar-refractivity contribution in [1.82, 2.24) is 30.5 Å². The molecule has 0 radical (unpaired) electrons. The quantitative estimate of drug-likeness (QED) is 0.558. The second-order valence-electron chi connectivity index (χ2n) is 5.60. The Morgan fingerprint density at radius 1 is 1.08 bits per heavy atom. The summed E-state index contributed by atoms with van der Waals surface area (Å²) < 4.78 is 0. The molecule has 1 aliphatic rings. The van der Waals surface area contributed by atoms with E-state index < -0.39 is 5.69 Å². The van der Waals surface area contributed by atoms with Crippen LogP contribution in [0.3, 0.4) is 0 Å². The summed E-state index contributed by atoms with van der Waals surface area (Å²) in [7, 11) is 0. The molecule has 122 valence electrons. The molecule has 1 unspecified atom stereocenters. The lowest BCUT2D eigenvalue weighted by Gasteiger charge is -2.14. The van der Waals surface area contributed by atoms with Gasteiger partial charge in [-0.25, -0.2) is 14.9 Å². The van der Waals surface area contributed by atoms with E-state index in [0.29, 0.717) is 35.2 Å². The lowest BCUT2D eigenvalue weighted by molar-refractivity contribution is 0.0950. The van der Waals surface area contributed by atoms with Crippen LogP contribution in [0.5, 0.6) is 0 Å². The van der Waals surface area contributed by atoms with Gasteiger partial charge in [-0.1, -0.05) is 23.7 Å². The zero-order valence-corrected chi connectivity index (χ0v) is 13.1. The Kier molecular flexibility index (Phi) is 3.46. The van der Waals surface area contributed by atoms with Gasteiger partial charge in [0.25, 0.3) is 5.91 Å². The topological polar surface area (TPSA) is 119 Å². The van der Waals surface area contributed by atoms with Gasteiger partial charge in [-0.3, -0.25) is 9.78 Å². The maximum absolute atomic E-state index is 12.3. The minimum Gasteiger partial charge on any atom is -0.350 e. The highest BCUT2D eigenvalue weighted by atomic mass is 35.5. The molecule has 1 aromatic carbocycles. The third-order valence-corrected chi connectivity index (χ3v) is 4.27. The van der Waals surface area contributed by atoms with Crippen molar-refractivity contribution >= 4 is 17.5 Å². The zero-order chi connectivity index (χ0) is 16.7. The van der Waals surface area contributed by atoms with Gasteiger partial charge in [-0.2, -0.15) is 0 Å². The van der Waals surface area contributed by atoms with Crippen molar-refractivity contribution in [3.8, 4) is 11.6 Å². The standard InChI is InChI=1S/C15H13ClN6O2/c16-9-3-1-7(2-4-9)8-5-10-11(14(23)17-6-8)19-12(18-10)13-20-15(24)22-21-13/h1-4,8H,5-6H2,(H,17,23)(H,18,19)(H2,20,21,22,24). The van der Waals surface area contributed by atoms with Gasteiger partial charge in [0.05, 0.1) is 0 Å². The number of amides is 1. The molecule has 0 spiro atoms. The number of nitrogens with one attached hydrogen (secondary N) is 4. The summed E-state index contributed by atoms with van der Waals surface area (Å²) in [4.78, 5) is 33.3. The van der Waals surface area contributed by atoms with Crippen LogP contribution in [0.2, 0.25) is 5.02 Å². The number of H-pyrrole nitrogens is 3. The first-order valence-electron chi connectivity index (χ1n) is 7.38. The molecule has 0 aliphatic carbocycles. The fourth-order valence-corrected chi connectivity index (χ4v) is 2.95. The third kappa shape index (κ3) is 2.61. The molecule has 3 heterocycles. The molecule has 0 bridgehead atoms. The Bertz CT molecular complexity index is 955. The lowest BCUT2D eigenvalue weighted by atomic mass is 9.94. The maximum Gasteiger partial charge on any atom is 0.341 e. The molecule has 0 saturated heterocycles. The highest BCUT2D eigenvalue weighted by Gasteiger charge is 2.27. The van der Waals surface area contributed by atoms with Gasteiger partial charge in [0, 0.05) is 23.2 Å². The van der Waals surface area contributed by atoms with Crippen molar-refractivity contribution in [3.63, 3.8) is 0 Å². The summed E-state index contributed by atoms with van der Waals surface area (Å²) in [6.45, 7) is 0.513. The summed E-state index contributed by atoms with van der Waals surface area (Å²) >= 11 is 5.94. The van der Waals surface area contributed by atoms with Gasteiger partial charge in [0.1, 0.15) is 5.69 Å². The van der Waals surface area contributed by atoms with Crippen molar-refractivity contribution in [1.29, 1.82) is 0 Å². The van der Waals surface area contributed by atoms with Crippen molar-refractivity contribution < 1.29 is 4.79 Å². The van der Waals surface area contributed by atoms with E-state index in [0.717, 1.165) is 5.56 Å². The number of aromatic nitrogens is 5. The Morgan fingerprint density at radius 3 is 2.58 bits per heavy atom. The molecule has 8 nitrogen and oxygen atoms in total. The number of fused-ring (bicyclic) bond motifs is 1. The molecule has 9 heteroatoms. The lowest BCUT2D eigenvalue weighted by Crippen LogP contribution is -2.26. The number of hydrogen-bond acceptors (Lipinski definition) is 4. The average Bonchev–Trinajstić information content (AvgIpc) is 3.15. The first-order valence-corrected chi connectivity index (χ1v) is 7.75. The van der Waals surface area contributed by atoms with Gasteiger partial charge in [-0.15, -0.1) is 5.10 Å². The number of nitrogens with zero attached hydrogens (tertiary/aromatic N) is 2. The smallest absolute Gasteiger partial charge is 0.341 e. The first-order chi connectivity index (χ1) is 11.6. The van der Waals surface area contributed by atoms with E-state index in [9.17, 15) is 9.59 Å². The van der Waals surface area contributed by atoms with E-state index >= 15 is 0 Å². The predicted molar refractivity (Wildman–Crippen MR) is 87.0 cm³/mol. The minimum absolute atomic E-state index is 0.0963. The van der Waals surface area contributed by atoms with Gasteiger partial charge >= 0.3 is 5.69 Å². The first kappa shape index (κ1) is 14.7. The van der Waals surface area contributed by atoms with E-state index in [-0.39, 0.29) is 17.6 Å². The number of imidazole rings is 1. The van der Waals surface area contributed by atoms with E-state index in [1.807, 2.05) is 24.3 Å². The molecule has 3 aromatic rings. The third-order valence-electron chi connectivity index (χ3n) is 4.02. The van der Waals surface area contributed by atoms with Crippen molar-refractivity contribution in [2.45, 2.75) is 12.3 Å². The highest BCUT2D eigenvalue weighted by Crippen LogP contribution is 2.26. The summed E-state index contributed by atoms with van der Waals surface area (Å²) in [5.74, 6) is 0.468. The van der Waals surface area contributed by atoms with Gasteiger partial charge in [0.2, 0.25) is 0 Å². The van der Waals surface area contributed by atoms with Crippen LogP contribution < -0.4 is 11.0 Å². The Hall–Kier alpha value is -2.87. The van der Waals surface area contributed by atoms with Gasteiger partial charge in [-0.05, 0) is 24.1 Å². The van der Waals surface area contributed by atoms with Crippen LogP contribution in [0.25, 0.3) is 11.6 Å². The van der Waals surface area contributed by atoms with Gasteiger partial charge in [0.15, 0.2) is 11.6 Å². The largest absolute Gasteiger partial charge is 0.350 e. The number of carbonyl (C=O) groups excluding carboxylic acids is 1. The number of rotatable bonds is 2. The van der Waals surface area contributed by atoms with Crippen LogP contribution >= 0.6 is 11.6 Å². The molecule has 4 rings (SSSR count). The number of hydrogen-bond donors (Lipinski definition) is 4. The predicted octanol–water partition coefficient (Wildman–Crippen LogP) is 1.21. The molecule has 0 saturated carbocycles. The SMILES string of the molecule is O=C1NCC(c2ccc(Cl)cc2)Cc2[nH]c(-c3n[nH]c(=O)[nH]3)nc21. The summed E-state index contributed by atoms with van der Waals surface area (Å²) in [5, 5.41) is 9.66. The van der Waals surface area contributed by atoms with Crippen LogP contribution in [-0.4, -0.2) is 37.6 Å². The monoisotopic (exact) mass is 344 g/mol.